The summed E-state index contributed by atoms with van der Waals surface area (Å²) in [5.74, 6) is -0.383. The summed E-state index contributed by atoms with van der Waals surface area (Å²) in [6.45, 7) is 1.89. The van der Waals surface area contributed by atoms with Crippen LogP contribution >= 0.6 is 0 Å². The van der Waals surface area contributed by atoms with Crippen molar-refractivity contribution in [3.63, 3.8) is 0 Å². The molecule has 1 N–H and O–H groups in total. The normalized spacial score (nSPS) is 18.6. The summed E-state index contributed by atoms with van der Waals surface area (Å²) >= 11 is 0. The topological polar surface area (TPSA) is 107 Å². The van der Waals surface area contributed by atoms with Gasteiger partial charge in [0.2, 0.25) is 12.3 Å². The van der Waals surface area contributed by atoms with E-state index in [1.165, 1.54) is 17.5 Å². The molecule has 2 aliphatic rings. The Morgan fingerprint density at radius 3 is 2.27 bits per heavy atom. The monoisotopic (exact) mass is 505 g/mol. The molecule has 0 bridgehead atoms. The fourth-order valence-corrected chi connectivity index (χ4v) is 4.45. The van der Waals surface area contributed by atoms with Crippen molar-refractivity contribution in [3.05, 3.63) is 54.4 Å². The predicted molar refractivity (Wildman–Crippen MR) is 143 cm³/mol. The van der Waals surface area contributed by atoms with Crippen molar-refractivity contribution in [1.82, 2.24) is 24.7 Å². The zero-order valence-electron chi connectivity index (χ0n) is 20.6. The second-order valence-corrected chi connectivity index (χ2v) is 8.48. The Hall–Kier alpha value is -2.99. The molecule has 1 aromatic heterocycles. The molecule has 2 aliphatic heterocycles. The summed E-state index contributed by atoms with van der Waals surface area (Å²) in [6, 6.07) is 9.89. The van der Waals surface area contributed by atoms with E-state index in [9.17, 15) is 19.5 Å². The molecule has 0 spiro atoms. The average molecular weight is 506 g/mol. The van der Waals surface area contributed by atoms with Crippen LogP contribution in [0.1, 0.15) is 42.1 Å². The van der Waals surface area contributed by atoms with Crippen LogP contribution < -0.4 is 18.9 Å². The Kier molecular flexibility index (Phi) is 13.5. The van der Waals surface area contributed by atoms with Crippen LogP contribution in [0.4, 0.5) is 0 Å². The fourth-order valence-electron chi connectivity index (χ4n) is 4.45. The molecule has 0 radical (unpaired) electrons. The Morgan fingerprint density at radius 1 is 1.11 bits per heavy atom. The number of carboxylic acids is 1. The molecule has 3 heterocycles. The van der Waals surface area contributed by atoms with E-state index in [-0.39, 0.29) is 61.6 Å². The van der Waals surface area contributed by atoms with E-state index in [2.05, 4.69) is 16.0 Å². The van der Waals surface area contributed by atoms with Crippen molar-refractivity contribution in [2.24, 2.45) is 0 Å². The SMILES string of the molecule is C.C.C.CN(C=O)C1(C(=O)O)CCN(CC(=O)N2CC=C(c3ccc(-c4ncccn4)cc3)CC2)C1.[H-].[Li+]. The standard InChI is InChI=1S/C24H27N5O4.3CH4.Li.H/c1-27(17-30)24(23(32)33)9-14-28(16-24)15-21(31)29-12-7-19(8-13-29)18-3-5-20(6-4-18)22-25-10-2-11-26-22;;;;;/h2-7,10-11,17H,8-9,12-16H2,1H3,(H,32,33);3*1H4;;/q;;;;+1;-1. The van der Waals surface area contributed by atoms with Gasteiger partial charge >= 0.3 is 24.8 Å². The number of aliphatic carboxylic acids is 1. The maximum absolute atomic E-state index is 12.8. The van der Waals surface area contributed by atoms with Gasteiger partial charge in [-0.25, -0.2) is 14.8 Å². The van der Waals surface area contributed by atoms with Crippen molar-refractivity contribution in [1.29, 1.82) is 0 Å². The number of rotatable bonds is 7. The van der Waals surface area contributed by atoms with E-state index in [1.807, 2.05) is 29.2 Å². The zero-order valence-corrected chi connectivity index (χ0v) is 19.6. The van der Waals surface area contributed by atoms with Crippen LogP contribution in [-0.4, -0.2) is 93.4 Å². The number of nitrogens with zero attached hydrogens (tertiary/aromatic N) is 5. The van der Waals surface area contributed by atoms with Crippen LogP contribution in [0, 0.1) is 0 Å². The predicted octanol–water partition coefficient (Wildman–Crippen LogP) is 0.401. The van der Waals surface area contributed by atoms with Gasteiger partial charge in [-0.3, -0.25) is 14.5 Å². The number of amides is 2. The number of aromatic nitrogens is 2. The molecule has 9 nitrogen and oxygen atoms in total. The number of hydrogen-bond acceptors (Lipinski definition) is 6. The van der Waals surface area contributed by atoms with E-state index in [1.54, 1.807) is 23.4 Å². The average Bonchev–Trinajstić information content (AvgIpc) is 3.29. The fraction of sp³-hybridized carbons (Fsp3) is 0.444. The van der Waals surface area contributed by atoms with Crippen molar-refractivity contribution >= 4 is 23.9 Å². The summed E-state index contributed by atoms with van der Waals surface area (Å²) in [6.07, 6.45) is 7.10. The maximum Gasteiger partial charge on any atom is 1.00 e. The van der Waals surface area contributed by atoms with E-state index in [0.29, 0.717) is 38.3 Å². The summed E-state index contributed by atoms with van der Waals surface area (Å²) in [5, 5.41) is 9.65. The minimum atomic E-state index is -1.27. The number of likely N-dealkylation sites (tertiary alicyclic amines) is 1. The van der Waals surface area contributed by atoms with Crippen molar-refractivity contribution in [2.45, 2.75) is 40.7 Å². The number of carboxylic acid groups (broad SMARTS) is 1. The quantitative estimate of drug-likeness (QED) is 0.429. The van der Waals surface area contributed by atoms with Crippen molar-refractivity contribution in [3.8, 4) is 11.4 Å². The summed E-state index contributed by atoms with van der Waals surface area (Å²) in [7, 11) is 1.48. The van der Waals surface area contributed by atoms with E-state index in [4.69, 9.17) is 0 Å². The number of likely N-dealkylation sites (N-methyl/N-ethyl adjacent to an activating group) is 1. The van der Waals surface area contributed by atoms with E-state index in [0.717, 1.165) is 17.5 Å². The molecule has 4 rings (SSSR count). The molecule has 37 heavy (non-hydrogen) atoms. The zero-order chi connectivity index (χ0) is 23.4. The summed E-state index contributed by atoms with van der Waals surface area (Å²) in [4.78, 5) is 49.1. The Bertz CT molecular complexity index is 1070. The van der Waals surface area contributed by atoms with Crippen LogP contribution in [0.25, 0.3) is 17.0 Å². The van der Waals surface area contributed by atoms with Crippen LogP contribution in [-0.2, 0) is 14.4 Å². The van der Waals surface area contributed by atoms with Gasteiger partial charge in [0.05, 0.1) is 6.54 Å². The molecule has 198 valence electrons. The van der Waals surface area contributed by atoms with Gasteiger partial charge in [-0.1, -0.05) is 52.6 Å². The Morgan fingerprint density at radius 2 is 1.73 bits per heavy atom. The van der Waals surface area contributed by atoms with Crippen LogP contribution in [0.5, 0.6) is 0 Å². The largest absolute Gasteiger partial charge is 1.00 e. The molecule has 2 amide bonds. The van der Waals surface area contributed by atoms with Gasteiger partial charge in [-0.15, -0.1) is 0 Å². The first-order valence-electron chi connectivity index (χ1n) is 10.9. The third kappa shape index (κ3) is 7.28. The molecule has 10 heteroatoms. The molecule has 0 aliphatic carbocycles. The molecule has 1 unspecified atom stereocenters. The Balaban J connectivity index is 0. The van der Waals surface area contributed by atoms with Gasteiger partial charge in [0.1, 0.15) is 0 Å². The van der Waals surface area contributed by atoms with Gasteiger partial charge < -0.3 is 16.3 Å². The minimum Gasteiger partial charge on any atom is -1.00 e. The number of benzene rings is 1. The van der Waals surface area contributed by atoms with Gasteiger partial charge in [0.25, 0.3) is 0 Å². The number of carbonyl (C=O) groups is 3. The van der Waals surface area contributed by atoms with Crippen LogP contribution in [0.3, 0.4) is 0 Å². The summed E-state index contributed by atoms with van der Waals surface area (Å²) in [5.41, 5.74) is 1.99. The molecule has 1 atom stereocenters. The van der Waals surface area contributed by atoms with Gasteiger partial charge in [0, 0.05) is 51.2 Å². The molecule has 1 aromatic carbocycles. The molecule has 2 aromatic rings. The maximum atomic E-state index is 12.8. The number of hydrogen-bond donors (Lipinski definition) is 1. The molecular weight excluding hydrogens is 465 g/mol. The van der Waals surface area contributed by atoms with Crippen molar-refractivity contribution in [2.75, 3.05) is 39.8 Å². The number of carbonyl (C=O) groups excluding carboxylic acids is 2. The van der Waals surface area contributed by atoms with Gasteiger partial charge in [-0.05, 0) is 30.0 Å². The van der Waals surface area contributed by atoms with E-state index < -0.39 is 11.5 Å². The second-order valence-electron chi connectivity index (χ2n) is 8.48. The minimum absolute atomic E-state index is 0. The van der Waals surface area contributed by atoms with Crippen molar-refractivity contribution < 1.29 is 39.8 Å². The Labute approximate surface area is 234 Å². The van der Waals surface area contributed by atoms with Gasteiger partial charge in [0.15, 0.2) is 11.4 Å². The smallest absolute Gasteiger partial charge is 1.00 e. The van der Waals surface area contributed by atoms with Crippen LogP contribution in [0.2, 0.25) is 0 Å². The second kappa shape index (κ2) is 14.7. The summed E-state index contributed by atoms with van der Waals surface area (Å²) < 4.78 is 0. The van der Waals surface area contributed by atoms with E-state index >= 15 is 0 Å². The first-order chi connectivity index (χ1) is 15.9. The first kappa shape index (κ1) is 34.0. The van der Waals surface area contributed by atoms with Crippen LogP contribution in [0.15, 0.2) is 48.8 Å². The van der Waals surface area contributed by atoms with Gasteiger partial charge in [-0.2, -0.15) is 0 Å². The molecular formula is C27H40LiN5O4. The molecule has 1 fully saturated rings. The third-order valence-electron chi connectivity index (χ3n) is 6.56. The molecule has 1 saturated heterocycles. The third-order valence-corrected chi connectivity index (χ3v) is 6.56. The molecule has 0 saturated carbocycles. The first-order valence-corrected chi connectivity index (χ1v) is 10.9.